The summed E-state index contributed by atoms with van der Waals surface area (Å²) < 4.78 is 26.2. The van der Waals surface area contributed by atoms with Crippen LogP contribution < -0.4 is 10.1 Å². The lowest BCUT2D eigenvalue weighted by atomic mass is 10.1. The Morgan fingerprint density at radius 3 is 2.86 bits per heavy atom. The Balaban J connectivity index is 1.38. The summed E-state index contributed by atoms with van der Waals surface area (Å²) >= 11 is 0. The van der Waals surface area contributed by atoms with Gasteiger partial charge < -0.3 is 14.8 Å². The third-order valence-corrected chi connectivity index (χ3v) is 4.54. The van der Waals surface area contributed by atoms with Gasteiger partial charge in [0.1, 0.15) is 11.6 Å². The molecule has 0 aliphatic carbocycles. The molecule has 0 bridgehead atoms. The van der Waals surface area contributed by atoms with Crippen LogP contribution in [-0.2, 0) is 17.8 Å². The molecule has 1 N–H and O–H groups in total. The summed E-state index contributed by atoms with van der Waals surface area (Å²) in [7, 11) is 0. The second-order valence-electron chi connectivity index (χ2n) is 6.68. The van der Waals surface area contributed by atoms with Gasteiger partial charge in [-0.2, -0.15) is 5.10 Å². The number of carbonyl (C=O) groups is 1. The summed E-state index contributed by atoms with van der Waals surface area (Å²) in [5, 5.41) is 7.12. The first-order valence-electron chi connectivity index (χ1n) is 9.02. The molecule has 7 heteroatoms. The maximum absolute atomic E-state index is 13.8. The number of carbonyl (C=O) groups excluding carboxylic acids is 1. The second-order valence-corrected chi connectivity index (χ2v) is 6.68. The second kappa shape index (κ2) is 7.82. The van der Waals surface area contributed by atoms with Gasteiger partial charge >= 0.3 is 0 Å². The van der Waals surface area contributed by atoms with Gasteiger partial charge in [-0.3, -0.25) is 4.79 Å². The SMILES string of the molecule is Cc1cnn(-c2ccc(C(=O)NCCc3cc(F)cc4c3OCOC4)cc2)c1. The van der Waals surface area contributed by atoms with Gasteiger partial charge in [0.2, 0.25) is 0 Å². The number of amides is 1. The summed E-state index contributed by atoms with van der Waals surface area (Å²) in [4.78, 5) is 12.4. The Morgan fingerprint density at radius 1 is 1.29 bits per heavy atom. The molecule has 1 aromatic heterocycles. The van der Waals surface area contributed by atoms with Gasteiger partial charge in [0, 0.05) is 23.9 Å². The maximum Gasteiger partial charge on any atom is 0.251 e. The van der Waals surface area contributed by atoms with Crippen LogP contribution in [0.1, 0.15) is 27.0 Å². The van der Waals surface area contributed by atoms with Crippen molar-refractivity contribution in [3.63, 3.8) is 0 Å². The highest BCUT2D eigenvalue weighted by atomic mass is 19.1. The van der Waals surface area contributed by atoms with Gasteiger partial charge in [0.05, 0.1) is 18.5 Å². The molecular formula is C21H20FN3O3. The van der Waals surface area contributed by atoms with Gasteiger partial charge in [0.25, 0.3) is 5.91 Å². The van der Waals surface area contributed by atoms with E-state index in [-0.39, 0.29) is 18.5 Å². The smallest absolute Gasteiger partial charge is 0.251 e. The molecule has 144 valence electrons. The Morgan fingerprint density at radius 2 is 2.11 bits per heavy atom. The number of benzene rings is 2. The van der Waals surface area contributed by atoms with Crippen molar-refractivity contribution in [3.05, 3.63) is 76.9 Å². The number of rotatable bonds is 5. The Bertz CT molecular complexity index is 999. The third kappa shape index (κ3) is 3.89. The van der Waals surface area contributed by atoms with Crippen molar-refractivity contribution in [2.75, 3.05) is 13.3 Å². The highest BCUT2D eigenvalue weighted by Crippen LogP contribution is 2.29. The van der Waals surface area contributed by atoms with Gasteiger partial charge in [-0.25, -0.2) is 9.07 Å². The van der Waals surface area contributed by atoms with E-state index >= 15 is 0 Å². The first-order chi connectivity index (χ1) is 13.6. The molecule has 1 aliphatic rings. The van der Waals surface area contributed by atoms with Crippen LogP contribution in [0.3, 0.4) is 0 Å². The summed E-state index contributed by atoms with van der Waals surface area (Å²) in [6.07, 6.45) is 4.17. The highest BCUT2D eigenvalue weighted by Gasteiger charge is 2.17. The molecule has 6 nitrogen and oxygen atoms in total. The van der Waals surface area contributed by atoms with E-state index < -0.39 is 0 Å². The number of aromatic nitrogens is 2. The van der Waals surface area contributed by atoms with E-state index in [0.29, 0.717) is 36.4 Å². The summed E-state index contributed by atoms with van der Waals surface area (Å²) in [6.45, 7) is 2.83. The molecule has 1 amide bonds. The molecule has 3 aromatic rings. The van der Waals surface area contributed by atoms with Gasteiger partial charge in [-0.15, -0.1) is 0 Å². The fourth-order valence-electron chi connectivity index (χ4n) is 3.17. The van der Waals surface area contributed by atoms with Crippen molar-refractivity contribution in [2.45, 2.75) is 20.0 Å². The molecular weight excluding hydrogens is 361 g/mol. The van der Waals surface area contributed by atoms with Crippen molar-refractivity contribution in [1.29, 1.82) is 0 Å². The number of fused-ring (bicyclic) bond motifs is 1. The number of hydrogen-bond donors (Lipinski definition) is 1. The van der Waals surface area contributed by atoms with Gasteiger partial charge in [0.15, 0.2) is 6.79 Å². The quantitative estimate of drug-likeness (QED) is 0.737. The lowest BCUT2D eigenvalue weighted by Gasteiger charge is -2.21. The minimum atomic E-state index is -0.335. The van der Waals surface area contributed by atoms with Gasteiger partial charge in [-0.1, -0.05) is 0 Å². The molecule has 2 aromatic carbocycles. The monoisotopic (exact) mass is 381 g/mol. The van der Waals surface area contributed by atoms with Crippen LogP contribution in [0.15, 0.2) is 48.8 Å². The van der Waals surface area contributed by atoms with Crippen molar-refractivity contribution in [3.8, 4) is 11.4 Å². The van der Waals surface area contributed by atoms with Crippen molar-refractivity contribution in [2.24, 2.45) is 0 Å². The molecule has 0 atom stereocenters. The Labute approximate surface area is 161 Å². The molecule has 0 saturated carbocycles. The van der Waals surface area contributed by atoms with E-state index in [9.17, 15) is 9.18 Å². The number of nitrogens with one attached hydrogen (secondary N) is 1. The minimum Gasteiger partial charge on any atom is -0.467 e. The first-order valence-corrected chi connectivity index (χ1v) is 9.02. The van der Waals surface area contributed by atoms with Crippen LogP contribution in [-0.4, -0.2) is 29.0 Å². The minimum absolute atomic E-state index is 0.153. The number of nitrogens with zero attached hydrogens (tertiary/aromatic N) is 2. The fraction of sp³-hybridized carbons (Fsp3) is 0.238. The van der Waals surface area contributed by atoms with Crippen LogP contribution in [0.25, 0.3) is 5.69 Å². The van der Waals surface area contributed by atoms with E-state index in [1.165, 1.54) is 12.1 Å². The molecule has 0 fully saturated rings. The van der Waals surface area contributed by atoms with Crippen molar-refractivity contribution in [1.82, 2.24) is 15.1 Å². The van der Waals surface area contributed by atoms with E-state index in [4.69, 9.17) is 9.47 Å². The zero-order valence-electron chi connectivity index (χ0n) is 15.4. The first kappa shape index (κ1) is 18.2. The van der Waals surface area contributed by atoms with E-state index in [1.807, 2.05) is 25.3 Å². The van der Waals surface area contributed by atoms with E-state index in [2.05, 4.69) is 10.4 Å². The average molecular weight is 381 g/mol. The van der Waals surface area contributed by atoms with Crippen molar-refractivity contribution >= 4 is 5.91 Å². The lowest BCUT2D eigenvalue weighted by molar-refractivity contribution is -0.0172. The van der Waals surface area contributed by atoms with Crippen LogP contribution in [0.4, 0.5) is 4.39 Å². The average Bonchev–Trinajstić information content (AvgIpc) is 3.14. The summed E-state index contributed by atoms with van der Waals surface area (Å²) in [5.41, 5.74) is 3.92. The molecule has 0 radical (unpaired) electrons. The predicted molar refractivity (Wildman–Crippen MR) is 101 cm³/mol. The topological polar surface area (TPSA) is 65.4 Å². The van der Waals surface area contributed by atoms with Crippen molar-refractivity contribution < 1.29 is 18.7 Å². The zero-order valence-corrected chi connectivity index (χ0v) is 15.4. The van der Waals surface area contributed by atoms with Crippen LogP contribution >= 0.6 is 0 Å². The molecule has 0 unspecified atom stereocenters. The molecule has 28 heavy (non-hydrogen) atoms. The number of halogens is 1. The lowest BCUT2D eigenvalue weighted by Crippen LogP contribution is -2.26. The predicted octanol–water partition coefficient (Wildman–Crippen LogP) is 3.16. The zero-order chi connectivity index (χ0) is 19.5. The molecule has 0 saturated heterocycles. The largest absolute Gasteiger partial charge is 0.467 e. The standard InChI is InChI=1S/C21H20FN3O3/c1-14-10-24-25(11-14)19-4-2-15(3-5-19)21(26)23-7-6-16-8-18(22)9-17-12-27-13-28-20(16)17/h2-5,8-11H,6-7,12-13H2,1H3,(H,23,26). The summed E-state index contributed by atoms with van der Waals surface area (Å²) in [6, 6.07) is 10.1. The Kier molecular flexibility index (Phi) is 5.08. The number of ether oxygens (including phenoxy) is 2. The molecule has 1 aliphatic heterocycles. The molecule has 4 rings (SSSR count). The van der Waals surface area contributed by atoms with E-state index in [0.717, 1.165) is 16.8 Å². The van der Waals surface area contributed by atoms with Crippen LogP contribution in [0.5, 0.6) is 5.75 Å². The number of aryl methyl sites for hydroxylation is 1. The molecule has 0 spiro atoms. The van der Waals surface area contributed by atoms with E-state index in [1.54, 1.807) is 23.0 Å². The highest BCUT2D eigenvalue weighted by molar-refractivity contribution is 5.94. The fourth-order valence-corrected chi connectivity index (χ4v) is 3.17. The molecule has 2 heterocycles. The van der Waals surface area contributed by atoms with Crippen LogP contribution in [0, 0.1) is 12.7 Å². The van der Waals surface area contributed by atoms with Gasteiger partial charge in [-0.05, 0) is 60.9 Å². The normalized spacial score (nSPS) is 12.9. The third-order valence-electron chi connectivity index (χ3n) is 4.54. The van der Waals surface area contributed by atoms with Crippen LogP contribution in [0.2, 0.25) is 0 Å². The maximum atomic E-state index is 13.8. The number of hydrogen-bond acceptors (Lipinski definition) is 4. The summed E-state index contributed by atoms with van der Waals surface area (Å²) in [5.74, 6) is 0.136. The Hall–Kier alpha value is -3.19.